The summed E-state index contributed by atoms with van der Waals surface area (Å²) in [5, 5.41) is 8.78. The van der Waals surface area contributed by atoms with Crippen LogP contribution in [0.4, 0.5) is 5.82 Å². The van der Waals surface area contributed by atoms with E-state index < -0.39 is 12.0 Å². The first kappa shape index (κ1) is 11.7. The lowest BCUT2D eigenvalue weighted by molar-refractivity contribution is -0.138. The predicted octanol–water partition coefficient (Wildman–Crippen LogP) is -0.0250. The molecule has 6 nitrogen and oxygen atoms in total. The van der Waals surface area contributed by atoms with Crippen LogP contribution in [-0.2, 0) is 11.2 Å². The molecule has 0 fully saturated rings. The number of hydrogen-bond acceptors (Lipinski definition) is 5. The number of carboxylic acids is 1. The number of carbonyl (C=O) groups is 1. The van der Waals surface area contributed by atoms with E-state index in [0.29, 0.717) is 11.4 Å². The van der Waals surface area contributed by atoms with Crippen LogP contribution in [0.3, 0.4) is 0 Å². The van der Waals surface area contributed by atoms with Crippen molar-refractivity contribution in [3.63, 3.8) is 0 Å². The van der Waals surface area contributed by atoms with E-state index in [1.54, 1.807) is 6.92 Å². The van der Waals surface area contributed by atoms with Gasteiger partial charge in [-0.15, -0.1) is 0 Å². The zero-order valence-electron chi connectivity index (χ0n) is 8.07. The third-order valence-electron chi connectivity index (χ3n) is 1.84. The van der Waals surface area contributed by atoms with Crippen LogP contribution in [-0.4, -0.2) is 27.1 Å². The summed E-state index contributed by atoms with van der Waals surface area (Å²) in [4.78, 5) is 18.3. The van der Waals surface area contributed by atoms with Gasteiger partial charge in [-0.05, 0) is 6.92 Å². The zero-order chi connectivity index (χ0) is 11.6. The number of aliphatic carboxylic acids is 1. The highest BCUT2D eigenvalue weighted by molar-refractivity contribution is 6.30. The average molecular weight is 231 g/mol. The lowest BCUT2D eigenvalue weighted by atomic mass is 10.1. The quantitative estimate of drug-likeness (QED) is 0.629. The van der Waals surface area contributed by atoms with Crippen LogP contribution < -0.4 is 11.5 Å². The molecule has 0 aliphatic rings. The molecule has 0 aliphatic heterocycles. The monoisotopic (exact) mass is 230 g/mol. The number of aromatic nitrogens is 2. The van der Waals surface area contributed by atoms with E-state index in [9.17, 15) is 4.79 Å². The first-order valence-electron chi connectivity index (χ1n) is 4.18. The summed E-state index contributed by atoms with van der Waals surface area (Å²) >= 11 is 5.80. The van der Waals surface area contributed by atoms with E-state index in [-0.39, 0.29) is 17.4 Å². The van der Waals surface area contributed by atoms with Crippen molar-refractivity contribution in [3.8, 4) is 0 Å². The molecule has 5 N–H and O–H groups in total. The molecule has 0 spiro atoms. The van der Waals surface area contributed by atoms with Gasteiger partial charge in [0.1, 0.15) is 22.8 Å². The molecular weight excluding hydrogens is 220 g/mol. The molecule has 0 radical (unpaired) electrons. The van der Waals surface area contributed by atoms with E-state index in [2.05, 4.69) is 9.97 Å². The molecule has 82 valence electrons. The minimum Gasteiger partial charge on any atom is -0.480 e. The van der Waals surface area contributed by atoms with Gasteiger partial charge < -0.3 is 16.6 Å². The number of hydrogen-bond donors (Lipinski definition) is 3. The van der Waals surface area contributed by atoms with Crippen LogP contribution in [0.5, 0.6) is 0 Å². The van der Waals surface area contributed by atoms with E-state index in [1.165, 1.54) is 0 Å². The Morgan fingerprint density at radius 2 is 2.20 bits per heavy atom. The maximum absolute atomic E-state index is 10.5. The van der Waals surface area contributed by atoms with Gasteiger partial charge in [0.15, 0.2) is 0 Å². The van der Waals surface area contributed by atoms with Crippen molar-refractivity contribution in [2.75, 3.05) is 5.73 Å². The minimum absolute atomic E-state index is 0.0142. The Balaban J connectivity index is 3.00. The van der Waals surface area contributed by atoms with Crippen molar-refractivity contribution in [1.29, 1.82) is 0 Å². The highest BCUT2D eigenvalue weighted by Crippen LogP contribution is 2.19. The molecule has 0 amide bonds. The van der Waals surface area contributed by atoms with Gasteiger partial charge in [-0.2, -0.15) is 0 Å². The van der Waals surface area contributed by atoms with Crippen LogP contribution in [0.15, 0.2) is 0 Å². The molecule has 0 saturated carbocycles. The smallest absolute Gasteiger partial charge is 0.320 e. The minimum atomic E-state index is -1.12. The summed E-state index contributed by atoms with van der Waals surface area (Å²) < 4.78 is 0. The second-order valence-electron chi connectivity index (χ2n) is 3.07. The van der Waals surface area contributed by atoms with Crippen LogP contribution in [0.2, 0.25) is 5.15 Å². The van der Waals surface area contributed by atoms with Gasteiger partial charge >= 0.3 is 5.97 Å². The zero-order valence-corrected chi connectivity index (χ0v) is 8.82. The summed E-state index contributed by atoms with van der Waals surface area (Å²) in [6.45, 7) is 1.64. The molecule has 7 heteroatoms. The Bertz CT molecular complexity index is 373. The van der Waals surface area contributed by atoms with Crippen molar-refractivity contribution in [2.24, 2.45) is 5.73 Å². The number of anilines is 1. The number of nitrogens with zero attached hydrogens (tertiary/aromatic N) is 2. The van der Waals surface area contributed by atoms with Gasteiger partial charge in [-0.25, -0.2) is 9.97 Å². The van der Waals surface area contributed by atoms with Crippen molar-refractivity contribution in [1.82, 2.24) is 9.97 Å². The number of rotatable bonds is 3. The van der Waals surface area contributed by atoms with E-state index >= 15 is 0 Å². The lowest BCUT2D eigenvalue weighted by Crippen LogP contribution is -2.32. The Labute approximate surface area is 91.3 Å². The number of carboxylic acid groups (broad SMARTS) is 1. The van der Waals surface area contributed by atoms with E-state index in [1.807, 2.05) is 0 Å². The Kier molecular flexibility index (Phi) is 3.43. The Morgan fingerprint density at radius 1 is 1.60 bits per heavy atom. The molecular formula is C8H11ClN4O2. The maximum atomic E-state index is 10.5. The molecule has 1 unspecified atom stereocenters. The van der Waals surface area contributed by atoms with Gasteiger partial charge in [0.25, 0.3) is 0 Å². The SMILES string of the molecule is Cc1nc(N)c(CC(N)C(=O)O)c(Cl)n1. The average Bonchev–Trinajstić information content (AvgIpc) is 2.10. The molecule has 1 rings (SSSR count). The molecule has 0 aliphatic carbocycles. The predicted molar refractivity (Wildman–Crippen MR) is 55.5 cm³/mol. The summed E-state index contributed by atoms with van der Waals surface area (Å²) in [7, 11) is 0. The fourth-order valence-corrected chi connectivity index (χ4v) is 1.37. The molecule has 0 saturated heterocycles. The van der Waals surface area contributed by atoms with Gasteiger partial charge in [0, 0.05) is 12.0 Å². The molecule has 0 bridgehead atoms. The fourth-order valence-electron chi connectivity index (χ4n) is 1.08. The molecule has 15 heavy (non-hydrogen) atoms. The first-order valence-corrected chi connectivity index (χ1v) is 4.56. The normalized spacial score (nSPS) is 12.5. The lowest BCUT2D eigenvalue weighted by Gasteiger charge is -2.10. The van der Waals surface area contributed by atoms with E-state index in [0.717, 1.165) is 0 Å². The summed E-state index contributed by atoms with van der Waals surface area (Å²) in [5.41, 5.74) is 11.3. The van der Waals surface area contributed by atoms with Crippen molar-refractivity contribution < 1.29 is 9.90 Å². The molecule has 1 heterocycles. The van der Waals surface area contributed by atoms with E-state index in [4.69, 9.17) is 28.2 Å². The third-order valence-corrected chi connectivity index (χ3v) is 2.15. The van der Waals surface area contributed by atoms with Gasteiger partial charge in [-0.1, -0.05) is 11.6 Å². The molecule has 1 aromatic rings. The van der Waals surface area contributed by atoms with Crippen LogP contribution in [0, 0.1) is 6.92 Å². The van der Waals surface area contributed by atoms with Gasteiger partial charge in [0.05, 0.1) is 0 Å². The maximum Gasteiger partial charge on any atom is 0.320 e. The number of aryl methyl sites for hydroxylation is 1. The summed E-state index contributed by atoms with van der Waals surface area (Å²) in [6.07, 6.45) is 0.0142. The summed E-state index contributed by atoms with van der Waals surface area (Å²) in [5.74, 6) is -0.514. The first-order chi connectivity index (χ1) is 6.91. The molecule has 1 atom stereocenters. The van der Waals surface area contributed by atoms with Crippen LogP contribution in [0.25, 0.3) is 0 Å². The standard InChI is InChI=1S/C8H11ClN4O2/c1-3-12-6(9)4(7(11)13-3)2-5(10)8(14)15/h5H,2,10H2,1H3,(H,14,15)(H2,11,12,13). The topological polar surface area (TPSA) is 115 Å². The number of nitrogens with two attached hydrogens (primary N) is 2. The van der Waals surface area contributed by atoms with Crippen LogP contribution >= 0.6 is 11.6 Å². The Hall–Kier alpha value is -1.40. The second kappa shape index (κ2) is 4.41. The Morgan fingerprint density at radius 3 is 2.67 bits per heavy atom. The highest BCUT2D eigenvalue weighted by Gasteiger charge is 2.17. The van der Waals surface area contributed by atoms with Crippen molar-refractivity contribution in [2.45, 2.75) is 19.4 Å². The largest absolute Gasteiger partial charge is 0.480 e. The van der Waals surface area contributed by atoms with Crippen molar-refractivity contribution in [3.05, 3.63) is 16.5 Å². The third kappa shape index (κ3) is 2.77. The second-order valence-corrected chi connectivity index (χ2v) is 3.43. The van der Waals surface area contributed by atoms with Crippen LogP contribution in [0.1, 0.15) is 11.4 Å². The fraction of sp³-hybridized carbons (Fsp3) is 0.375. The van der Waals surface area contributed by atoms with Crippen molar-refractivity contribution >= 4 is 23.4 Å². The molecule has 0 aromatic carbocycles. The number of halogens is 1. The highest BCUT2D eigenvalue weighted by atomic mass is 35.5. The molecule has 1 aromatic heterocycles. The summed E-state index contributed by atoms with van der Waals surface area (Å²) in [6, 6.07) is -1.06. The van der Waals surface area contributed by atoms with Gasteiger partial charge in [-0.3, -0.25) is 4.79 Å². The van der Waals surface area contributed by atoms with Gasteiger partial charge in [0.2, 0.25) is 0 Å². The number of nitrogen functional groups attached to an aromatic ring is 1.